The molecule has 0 amide bonds. The predicted octanol–water partition coefficient (Wildman–Crippen LogP) is 11.9. The lowest BCUT2D eigenvalue weighted by atomic mass is 9.92. The topological polar surface area (TPSA) is 51.8 Å². The normalized spacial score (nSPS) is 15.7. The Morgan fingerprint density at radius 3 is 1.57 bits per heavy atom. The molecule has 0 atom stereocenters. The largest absolute Gasteiger partial charge is 0.456 e. The molecule has 0 bridgehead atoms. The Morgan fingerprint density at radius 2 is 0.939 bits per heavy atom. The zero-order chi connectivity index (χ0) is 44.5. The first-order chi connectivity index (χ1) is 30.1. The molecule has 2 aromatic heterocycles. The van der Waals surface area contributed by atoms with Crippen molar-refractivity contribution >= 4 is 54.3 Å². The summed E-state index contributed by atoms with van der Waals surface area (Å²) in [5.74, 6) is -1.45. The fourth-order valence-corrected chi connectivity index (χ4v) is 6.42. The van der Waals surface area contributed by atoms with Gasteiger partial charge in [0.05, 0.1) is 19.2 Å². The lowest BCUT2D eigenvalue weighted by molar-refractivity contribution is 0.669. The molecular weight excluding hydrogens is 599 g/mol. The van der Waals surface area contributed by atoms with Gasteiger partial charge in [0, 0.05) is 27.5 Å². The molecule has 4 heteroatoms. The number of hydrogen-bond donors (Lipinski definition) is 0. The highest BCUT2D eigenvalue weighted by molar-refractivity contribution is 6.25. The molecule has 49 heavy (non-hydrogen) atoms. The molecule has 0 saturated carbocycles. The summed E-state index contributed by atoms with van der Waals surface area (Å²) in [5, 5.41) is 6.33. The maximum Gasteiger partial charge on any atom is 0.164 e. The molecule has 0 saturated heterocycles. The molecule has 10 aromatic rings. The summed E-state index contributed by atoms with van der Waals surface area (Å²) in [4.78, 5) is 13.4. The van der Waals surface area contributed by atoms with Gasteiger partial charge in [-0.25, -0.2) is 15.0 Å². The zero-order valence-corrected chi connectivity index (χ0v) is 25.3. The third-order valence-electron chi connectivity index (χ3n) is 8.58. The molecule has 0 fully saturated rings. The molecule has 0 aliphatic rings. The van der Waals surface area contributed by atoms with Crippen molar-refractivity contribution in [1.29, 1.82) is 0 Å². The Bertz CT molecular complexity index is 3520. The molecule has 2 heterocycles. The minimum atomic E-state index is -0.711. The summed E-state index contributed by atoms with van der Waals surface area (Å²) in [7, 11) is 0. The molecule has 0 radical (unpaired) electrons. The highest BCUT2D eigenvalue weighted by atomic mass is 16.3. The first-order valence-corrected chi connectivity index (χ1v) is 15.3. The van der Waals surface area contributed by atoms with Crippen LogP contribution in [0.3, 0.4) is 0 Å². The van der Waals surface area contributed by atoms with Crippen molar-refractivity contribution in [2.45, 2.75) is 0 Å². The van der Waals surface area contributed by atoms with E-state index in [4.69, 9.17) is 19.5 Å². The maximum atomic E-state index is 9.24. The van der Waals surface area contributed by atoms with Crippen molar-refractivity contribution in [2.75, 3.05) is 0 Å². The van der Waals surface area contributed by atoms with Crippen LogP contribution < -0.4 is 0 Å². The first-order valence-electron chi connectivity index (χ1n) is 22.3. The van der Waals surface area contributed by atoms with Crippen molar-refractivity contribution in [3.63, 3.8) is 0 Å². The van der Waals surface area contributed by atoms with Gasteiger partial charge in [-0.1, -0.05) is 139 Å². The third-order valence-corrected chi connectivity index (χ3v) is 8.58. The van der Waals surface area contributed by atoms with Gasteiger partial charge in [-0.15, -0.1) is 0 Å². The summed E-state index contributed by atoms with van der Waals surface area (Å²) in [6, 6.07) is 16.6. The van der Waals surface area contributed by atoms with Gasteiger partial charge in [0.25, 0.3) is 0 Å². The van der Waals surface area contributed by atoms with E-state index in [9.17, 15) is 4.11 Å². The van der Waals surface area contributed by atoms with E-state index in [0.717, 1.165) is 38.4 Å². The minimum Gasteiger partial charge on any atom is -0.456 e. The van der Waals surface area contributed by atoms with Crippen molar-refractivity contribution < 1.29 is 23.6 Å². The van der Waals surface area contributed by atoms with E-state index >= 15 is 0 Å². The van der Waals surface area contributed by atoms with Gasteiger partial charge in [-0.3, -0.25) is 0 Å². The molecule has 4 nitrogen and oxygen atoms in total. The molecule has 0 aliphatic heterocycles. The molecule has 10 rings (SSSR count). The highest BCUT2D eigenvalue weighted by Gasteiger charge is 2.18. The highest BCUT2D eigenvalue weighted by Crippen LogP contribution is 2.40. The Labute approximate surface area is 301 Å². The Morgan fingerprint density at radius 1 is 0.388 bits per heavy atom. The Hall–Kier alpha value is -6.65. The number of rotatable bonds is 4. The van der Waals surface area contributed by atoms with Crippen molar-refractivity contribution in [3.05, 3.63) is 163 Å². The van der Waals surface area contributed by atoms with Gasteiger partial charge < -0.3 is 4.42 Å². The molecule has 0 aliphatic carbocycles. The van der Waals surface area contributed by atoms with Gasteiger partial charge in [0.2, 0.25) is 0 Å². The average molecular weight is 640 g/mol. The number of nitrogens with zero attached hydrogens (tertiary/aromatic N) is 3. The van der Waals surface area contributed by atoms with E-state index < -0.39 is 89.0 Å². The summed E-state index contributed by atoms with van der Waals surface area (Å²) >= 11 is 0. The SMILES string of the molecule is [2H]c1cc([2H])c2oc3c([2H])c([2H])c(-c4ccc5c6ccccc6c6ccccc6c5c4)cc3c2c1-c1nc(-c2c([2H])c([2H])c([2H])c([2H])c2[2H])nc(-c2c([2H])c([2H])c([2H])c([2H])c2[2H])n1. The Kier molecular flexibility index (Phi) is 3.79. The lowest BCUT2D eigenvalue weighted by Crippen LogP contribution is -2.00. The second-order valence-electron chi connectivity index (χ2n) is 11.3. The van der Waals surface area contributed by atoms with Crippen LogP contribution in [0.4, 0.5) is 0 Å². The van der Waals surface area contributed by atoms with Gasteiger partial charge in [-0.2, -0.15) is 0 Å². The fraction of sp³-hybridized carbons (Fsp3) is 0. The number of aromatic nitrogens is 3. The van der Waals surface area contributed by atoms with Gasteiger partial charge >= 0.3 is 0 Å². The smallest absolute Gasteiger partial charge is 0.164 e. The van der Waals surface area contributed by atoms with E-state index in [2.05, 4.69) is 33.2 Å². The zero-order valence-electron chi connectivity index (χ0n) is 39.3. The fourth-order valence-electron chi connectivity index (χ4n) is 6.42. The number of furan rings is 1. The molecular formula is C45H27N3O. The average Bonchev–Trinajstić information content (AvgIpc) is 3.67. The lowest BCUT2D eigenvalue weighted by Gasteiger charge is -2.12. The van der Waals surface area contributed by atoms with Crippen LogP contribution in [-0.2, 0) is 0 Å². The van der Waals surface area contributed by atoms with E-state index in [1.807, 2.05) is 48.5 Å². The third kappa shape index (κ3) is 4.49. The van der Waals surface area contributed by atoms with Crippen molar-refractivity contribution in [1.82, 2.24) is 15.0 Å². The standard InChI is InChI=1S/C45H27N3O/c1-3-12-28(13-4-1)43-46-44(29-14-5-2-6-15-29)48-45(47-43)37-20-11-21-41-42(37)39-27-31(23-25-40(39)49-41)30-22-24-36-34-18-8-7-16-32(34)33-17-9-10-19-35(33)38(36)26-30/h1-27H/i1D,2D,3D,4D,5D,6D,12D,13D,14D,15D,20D,21D,23D,25D. The quantitative estimate of drug-likeness (QED) is 0.180. The van der Waals surface area contributed by atoms with Crippen LogP contribution in [0.1, 0.15) is 19.2 Å². The predicted molar refractivity (Wildman–Crippen MR) is 201 cm³/mol. The Balaban J connectivity index is 1.30. The second kappa shape index (κ2) is 11.0. The summed E-state index contributed by atoms with van der Waals surface area (Å²) < 4.78 is 127. The van der Waals surface area contributed by atoms with Gasteiger partial charge in [-0.05, 0) is 67.7 Å². The molecule has 0 unspecified atom stereocenters. The number of hydrogen-bond acceptors (Lipinski definition) is 4. The van der Waals surface area contributed by atoms with E-state index in [1.165, 1.54) is 0 Å². The minimum absolute atomic E-state index is 0.0692. The van der Waals surface area contributed by atoms with E-state index in [1.54, 1.807) is 6.07 Å². The molecule has 8 aromatic carbocycles. The number of fused-ring (bicyclic) bond motifs is 9. The summed E-state index contributed by atoms with van der Waals surface area (Å²) in [6.45, 7) is 0. The van der Waals surface area contributed by atoms with Crippen molar-refractivity contribution in [3.8, 4) is 45.3 Å². The van der Waals surface area contributed by atoms with Crippen LogP contribution in [0.5, 0.6) is 0 Å². The van der Waals surface area contributed by atoms with Crippen molar-refractivity contribution in [2.24, 2.45) is 0 Å². The maximum absolute atomic E-state index is 9.24. The second-order valence-corrected chi connectivity index (χ2v) is 11.3. The van der Waals surface area contributed by atoms with Crippen LogP contribution in [-0.4, -0.2) is 15.0 Å². The first kappa shape index (κ1) is 17.0. The van der Waals surface area contributed by atoms with Gasteiger partial charge in [0.1, 0.15) is 11.2 Å². The van der Waals surface area contributed by atoms with Gasteiger partial charge in [0.15, 0.2) is 17.5 Å². The van der Waals surface area contributed by atoms with E-state index in [0.29, 0.717) is 11.1 Å². The van der Waals surface area contributed by atoms with Crippen LogP contribution >= 0.6 is 0 Å². The monoisotopic (exact) mass is 639 g/mol. The summed E-state index contributed by atoms with van der Waals surface area (Å²) in [5.41, 5.74) is -0.351. The molecule has 0 spiro atoms. The van der Waals surface area contributed by atoms with Crippen LogP contribution in [0.15, 0.2) is 168 Å². The van der Waals surface area contributed by atoms with Crippen LogP contribution in [0.2, 0.25) is 0 Å². The number of benzene rings is 8. The van der Waals surface area contributed by atoms with Crippen LogP contribution in [0.25, 0.3) is 99.5 Å². The summed E-state index contributed by atoms with van der Waals surface area (Å²) in [6.07, 6.45) is 0. The molecule has 228 valence electrons. The molecule has 0 N–H and O–H groups in total. The van der Waals surface area contributed by atoms with Crippen LogP contribution in [0, 0.1) is 0 Å². The van der Waals surface area contributed by atoms with E-state index in [-0.39, 0.29) is 51.7 Å².